The molecule has 0 bridgehead atoms. The summed E-state index contributed by atoms with van der Waals surface area (Å²) in [5, 5.41) is 2.14. The summed E-state index contributed by atoms with van der Waals surface area (Å²) in [5.74, 6) is -0.920. The first-order chi connectivity index (χ1) is 10.1. The fourth-order valence-electron chi connectivity index (χ4n) is 2.67. The highest BCUT2D eigenvalue weighted by atomic mass is 32.2. The van der Waals surface area contributed by atoms with Crippen LogP contribution in [-0.2, 0) is 26.0 Å². The standard InChI is InChI=1S/C16H16O4S/c17-16(14-8-9-21(18,19)11-14)20-10-13-6-3-5-12-4-1-2-7-15(12)13/h1-7,14H,8-11H2/t14-/m0/s1. The number of sulfone groups is 1. The van der Waals surface area contributed by atoms with E-state index < -0.39 is 21.7 Å². The Bertz CT molecular complexity index is 774. The van der Waals surface area contributed by atoms with E-state index in [4.69, 9.17) is 4.74 Å². The lowest BCUT2D eigenvalue weighted by Gasteiger charge is -2.10. The molecule has 0 aliphatic carbocycles. The van der Waals surface area contributed by atoms with Crippen molar-refractivity contribution in [3.05, 3.63) is 48.0 Å². The van der Waals surface area contributed by atoms with Crippen LogP contribution in [0.1, 0.15) is 12.0 Å². The van der Waals surface area contributed by atoms with E-state index >= 15 is 0 Å². The average Bonchev–Trinajstić information content (AvgIpc) is 2.85. The molecule has 0 unspecified atom stereocenters. The van der Waals surface area contributed by atoms with Crippen molar-refractivity contribution < 1.29 is 17.9 Å². The fraction of sp³-hybridized carbons (Fsp3) is 0.312. The van der Waals surface area contributed by atoms with Crippen LogP contribution >= 0.6 is 0 Å². The van der Waals surface area contributed by atoms with E-state index in [-0.39, 0.29) is 18.1 Å². The minimum absolute atomic E-state index is 0.0820. The van der Waals surface area contributed by atoms with E-state index in [0.717, 1.165) is 16.3 Å². The predicted octanol–water partition coefficient (Wildman–Crippen LogP) is 2.32. The molecule has 1 atom stereocenters. The molecule has 1 aliphatic rings. The lowest BCUT2D eigenvalue weighted by molar-refractivity contribution is -0.148. The van der Waals surface area contributed by atoms with Crippen molar-refractivity contribution in [2.24, 2.45) is 5.92 Å². The van der Waals surface area contributed by atoms with Crippen molar-refractivity contribution in [3.8, 4) is 0 Å². The van der Waals surface area contributed by atoms with Crippen molar-refractivity contribution in [2.75, 3.05) is 11.5 Å². The summed E-state index contributed by atoms with van der Waals surface area (Å²) in [5.41, 5.74) is 0.933. The Balaban J connectivity index is 1.71. The molecule has 2 aromatic rings. The molecular formula is C16H16O4S. The maximum atomic E-state index is 12.0. The van der Waals surface area contributed by atoms with Gasteiger partial charge in [0, 0.05) is 0 Å². The number of hydrogen-bond acceptors (Lipinski definition) is 4. The summed E-state index contributed by atoms with van der Waals surface area (Å²) < 4.78 is 28.1. The Morgan fingerprint density at radius 2 is 1.90 bits per heavy atom. The normalized spacial score (nSPS) is 20.5. The van der Waals surface area contributed by atoms with Gasteiger partial charge in [0.15, 0.2) is 9.84 Å². The number of fused-ring (bicyclic) bond motifs is 1. The summed E-state index contributed by atoms with van der Waals surface area (Å²) in [6, 6.07) is 13.7. The molecule has 0 aromatic heterocycles. The molecule has 1 saturated heterocycles. The highest BCUT2D eigenvalue weighted by Crippen LogP contribution is 2.22. The van der Waals surface area contributed by atoms with E-state index in [1.165, 1.54) is 0 Å². The van der Waals surface area contributed by atoms with Crippen LogP contribution in [0.25, 0.3) is 10.8 Å². The Morgan fingerprint density at radius 3 is 2.67 bits per heavy atom. The molecule has 0 saturated carbocycles. The Hall–Kier alpha value is -1.88. The van der Waals surface area contributed by atoms with Crippen molar-refractivity contribution in [1.82, 2.24) is 0 Å². The highest BCUT2D eigenvalue weighted by molar-refractivity contribution is 7.91. The van der Waals surface area contributed by atoms with Crippen LogP contribution in [-0.4, -0.2) is 25.9 Å². The number of carbonyl (C=O) groups excluding carboxylic acids is 1. The van der Waals surface area contributed by atoms with Gasteiger partial charge >= 0.3 is 5.97 Å². The quantitative estimate of drug-likeness (QED) is 0.817. The van der Waals surface area contributed by atoms with Crippen LogP contribution in [0.4, 0.5) is 0 Å². The van der Waals surface area contributed by atoms with Gasteiger partial charge in [-0.05, 0) is 22.8 Å². The molecule has 0 N–H and O–H groups in total. The first-order valence-corrected chi connectivity index (χ1v) is 8.71. The third-order valence-electron chi connectivity index (χ3n) is 3.82. The van der Waals surface area contributed by atoms with E-state index in [2.05, 4.69) is 0 Å². The van der Waals surface area contributed by atoms with E-state index in [0.29, 0.717) is 6.42 Å². The molecule has 4 nitrogen and oxygen atoms in total. The monoisotopic (exact) mass is 304 g/mol. The maximum absolute atomic E-state index is 12.0. The first kappa shape index (κ1) is 14.1. The minimum atomic E-state index is -3.06. The van der Waals surface area contributed by atoms with Crippen LogP contribution in [0.5, 0.6) is 0 Å². The summed E-state index contributed by atoms with van der Waals surface area (Å²) in [4.78, 5) is 12.0. The van der Waals surface area contributed by atoms with Gasteiger partial charge in [0.25, 0.3) is 0 Å². The molecule has 3 rings (SSSR count). The Labute approximate surface area is 123 Å². The largest absolute Gasteiger partial charge is 0.461 e. The predicted molar refractivity (Wildman–Crippen MR) is 80.5 cm³/mol. The van der Waals surface area contributed by atoms with Crippen LogP contribution in [0.15, 0.2) is 42.5 Å². The van der Waals surface area contributed by atoms with Gasteiger partial charge in [-0.15, -0.1) is 0 Å². The molecular weight excluding hydrogens is 288 g/mol. The second-order valence-corrected chi connectivity index (χ2v) is 7.57. The molecule has 2 aromatic carbocycles. The lowest BCUT2D eigenvalue weighted by atomic mass is 10.1. The highest BCUT2D eigenvalue weighted by Gasteiger charge is 2.34. The number of rotatable bonds is 3. The van der Waals surface area contributed by atoms with E-state index in [1.54, 1.807) is 0 Å². The van der Waals surface area contributed by atoms with Crippen LogP contribution in [0, 0.1) is 5.92 Å². The number of ether oxygens (including phenoxy) is 1. The van der Waals surface area contributed by atoms with Gasteiger partial charge in [-0.2, -0.15) is 0 Å². The number of hydrogen-bond donors (Lipinski definition) is 0. The summed E-state index contributed by atoms with van der Waals surface area (Å²) in [6.45, 7) is 0.177. The smallest absolute Gasteiger partial charge is 0.310 e. The summed E-state index contributed by atoms with van der Waals surface area (Å²) in [7, 11) is -3.06. The zero-order chi connectivity index (χ0) is 14.9. The van der Waals surface area contributed by atoms with Crippen molar-refractivity contribution in [3.63, 3.8) is 0 Å². The summed E-state index contributed by atoms with van der Waals surface area (Å²) in [6.07, 6.45) is 0.372. The molecule has 1 heterocycles. The SMILES string of the molecule is O=C(OCc1cccc2ccccc12)[C@H]1CCS(=O)(=O)C1. The Kier molecular flexibility index (Phi) is 3.68. The molecule has 110 valence electrons. The van der Waals surface area contributed by atoms with Gasteiger partial charge in [0.2, 0.25) is 0 Å². The van der Waals surface area contributed by atoms with Gasteiger partial charge < -0.3 is 4.74 Å². The van der Waals surface area contributed by atoms with Gasteiger partial charge in [-0.25, -0.2) is 8.42 Å². The fourth-order valence-corrected chi connectivity index (χ4v) is 4.39. The molecule has 0 amide bonds. The van der Waals surface area contributed by atoms with Crippen LogP contribution in [0.2, 0.25) is 0 Å². The summed E-state index contributed by atoms with van der Waals surface area (Å²) >= 11 is 0. The van der Waals surface area contributed by atoms with Gasteiger partial charge in [-0.3, -0.25) is 4.79 Å². The van der Waals surface area contributed by atoms with Crippen LogP contribution < -0.4 is 0 Å². The molecule has 1 fully saturated rings. The molecule has 5 heteroatoms. The second-order valence-electron chi connectivity index (χ2n) is 5.35. The number of carbonyl (C=O) groups is 1. The van der Waals surface area contributed by atoms with E-state index in [1.807, 2.05) is 42.5 Å². The number of esters is 1. The van der Waals surface area contributed by atoms with Crippen LogP contribution in [0.3, 0.4) is 0 Å². The van der Waals surface area contributed by atoms with Crippen molar-refractivity contribution in [1.29, 1.82) is 0 Å². The zero-order valence-electron chi connectivity index (χ0n) is 11.5. The molecule has 0 radical (unpaired) electrons. The molecule has 0 spiro atoms. The van der Waals surface area contributed by atoms with Gasteiger partial charge in [0.05, 0.1) is 17.4 Å². The van der Waals surface area contributed by atoms with Gasteiger partial charge in [0.1, 0.15) is 6.61 Å². The molecule has 21 heavy (non-hydrogen) atoms. The topological polar surface area (TPSA) is 60.4 Å². The Morgan fingerprint density at radius 1 is 1.14 bits per heavy atom. The number of benzene rings is 2. The third kappa shape index (κ3) is 3.08. The first-order valence-electron chi connectivity index (χ1n) is 6.89. The van der Waals surface area contributed by atoms with Crippen molar-refractivity contribution in [2.45, 2.75) is 13.0 Å². The molecule has 1 aliphatic heterocycles. The van der Waals surface area contributed by atoms with E-state index in [9.17, 15) is 13.2 Å². The second kappa shape index (κ2) is 5.48. The third-order valence-corrected chi connectivity index (χ3v) is 5.58. The average molecular weight is 304 g/mol. The minimum Gasteiger partial charge on any atom is -0.461 e. The van der Waals surface area contributed by atoms with Gasteiger partial charge in [-0.1, -0.05) is 42.5 Å². The van der Waals surface area contributed by atoms with Crippen molar-refractivity contribution >= 4 is 26.6 Å². The lowest BCUT2D eigenvalue weighted by Crippen LogP contribution is -2.18. The zero-order valence-corrected chi connectivity index (χ0v) is 12.3. The maximum Gasteiger partial charge on any atom is 0.310 e.